The van der Waals surface area contributed by atoms with Gasteiger partial charge in [0.2, 0.25) is 11.0 Å². The molecule has 3 rings (SSSR count). The van der Waals surface area contributed by atoms with Gasteiger partial charge in [-0.05, 0) is 31.4 Å². The number of amides is 3. The van der Waals surface area contributed by atoms with E-state index in [0.717, 1.165) is 25.9 Å². The van der Waals surface area contributed by atoms with E-state index in [1.54, 1.807) is 25.3 Å². The van der Waals surface area contributed by atoms with Crippen molar-refractivity contribution in [3.8, 4) is 11.5 Å². The third-order valence-corrected chi connectivity index (χ3v) is 5.19. The predicted molar refractivity (Wildman–Crippen MR) is 106 cm³/mol. The van der Waals surface area contributed by atoms with Crippen LogP contribution in [0.1, 0.15) is 24.3 Å². The summed E-state index contributed by atoms with van der Waals surface area (Å²) in [6, 6.07) is 4.59. The van der Waals surface area contributed by atoms with E-state index >= 15 is 0 Å². The van der Waals surface area contributed by atoms with Crippen molar-refractivity contribution in [3.63, 3.8) is 0 Å². The molecule has 0 saturated carbocycles. The molecular weight excluding hydrogens is 382 g/mol. The maximum absolute atomic E-state index is 12.3. The molecule has 0 unspecified atom stereocenters. The molecule has 2 N–H and O–H groups in total. The number of urea groups is 1. The topological polar surface area (TPSA) is 106 Å². The lowest BCUT2D eigenvalue weighted by Gasteiger charge is -2.26. The standard InChI is InChI=1S/C18H23N5O4S/c1-26-12-6-7-13(14(10-12)27-2)19-17(25)20-18-22-21-15(28-18)11-16(24)23-8-4-3-5-9-23/h6-7,10H,3-5,8-9,11H2,1-2H3,(H2,19,20,22,25). The first kappa shape index (κ1) is 19.9. The molecule has 0 atom stereocenters. The Morgan fingerprint density at radius 1 is 1.11 bits per heavy atom. The Bertz CT molecular complexity index is 835. The first-order chi connectivity index (χ1) is 13.6. The van der Waals surface area contributed by atoms with Crippen LogP contribution < -0.4 is 20.1 Å². The van der Waals surface area contributed by atoms with Crippen LogP contribution in [0.5, 0.6) is 11.5 Å². The van der Waals surface area contributed by atoms with Gasteiger partial charge in [-0.1, -0.05) is 11.3 Å². The van der Waals surface area contributed by atoms with Gasteiger partial charge in [0.05, 0.1) is 26.3 Å². The number of likely N-dealkylation sites (tertiary alicyclic amines) is 1. The van der Waals surface area contributed by atoms with Crippen LogP contribution in [0, 0.1) is 0 Å². The molecule has 2 aromatic rings. The average molecular weight is 405 g/mol. The van der Waals surface area contributed by atoms with Crippen molar-refractivity contribution < 1.29 is 19.1 Å². The predicted octanol–water partition coefficient (Wildman–Crippen LogP) is 2.75. The minimum Gasteiger partial charge on any atom is -0.497 e. The number of carbonyl (C=O) groups excluding carboxylic acids is 2. The quantitative estimate of drug-likeness (QED) is 0.766. The number of carbonyl (C=O) groups is 2. The van der Waals surface area contributed by atoms with Gasteiger partial charge in [-0.3, -0.25) is 10.1 Å². The van der Waals surface area contributed by atoms with Gasteiger partial charge in [-0.15, -0.1) is 10.2 Å². The molecule has 0 bridgehead atoms. The Morgan fingerprint density at radius 3 is 2.61 bits per heavy atom. The number of ether oxygens (including phenoxy) is 2. The molecule has 0 aliphatic carbocycles. The van der Waals surface area contributed by atoms with Crippen LogP contribution in [0.15, 0.2) is 18.2 Å². The Morgan fingerprint density at radius 2 is 1.89 bits per heavy atom. The van der Waals surface area contributed by atoms with Gasteiger partial charge in [0, 0.05) is 19.2 Å². The van der Waals surface area contributed by atoms with Gasteiger partial charge >= 0.3 is 6.03 Å². The lowest BCUT2D eigenvalue weighted by Crippen LogP contribution is -2.36. The number of aromatic nitrogens is 2. The summed E-state index contributed by atoms with van der Waals surface area (Å²) < 4.78 is 10.4. The molecule has 150 valence electrons. The molecule has 0 spiro atoms. The maximum Gasteiger partial charge on any atom is 0.325 e. The highest BCUT2D eigenvalue weighted by Crippen LogP contribution is 2.29. The van der Waals surface area contributed by atoms with Crippen molar-refractivity contribution in [1.82, 2.24) is 15.1 Å². The lowest BCUT2D eigenvalue weighted by atomic mass is 10.1. The molecule has 10 heteroatoms. The molecule has 1 aromatic carbocycles. The number of nitrogens with one attached hydrogen (secondary N) is 2. The second kappa shape index (κ2) is 9.36. The van der Waals surface area contributed by atoms with Crippen LogP contribution in [0.3, 0.4) is 0 Å². The zero-order chi connectivity index (χ0) is 19.9. The summed E-state index contributed by atoms with van der Waals surface area (Å²) in [6.07, 6.45) is 3.46. The van der Waals surface area contributed by atoms with Crippen LogP contribution >= 0.6 is 11.3 Å². The van der Waals surface area contributed by atoms with Crippen molar-refractivity contribution in [1.29, 1.82) is 0 Å². The highest BCUT2D eigenvalue weighted by atomic mass is 32.1. The Balaban J connectivity index is 1.56. The van der Waals surface area contributed by atoms with Gasteiger partial charge in [-0.2, -0.15) is 0 Å². The van der Waals surface area contributed by atoms with Crippen LogP contribution in [0.2, 0.25) is 0 Å². The molecule has 1 aliphatic rings. The Kier molecular flexibility index (Phi) is 6.64. The monoisotopic (exact) mass is 405 g/mol. The van der Waals surface area contributed by atoms with Crippen molar-refractivity contribution in [2.75, 3.05) is 37.9 Å². The molecule has 1 aromatic heterocycles. The number of methoxy groups -OCH3 is 2. The molecule has 1 saturated heterocycles. The highest BCUT2D eigenvalue weighted by molar-refractivity contribution is 7.15. The van der Waals surface area contributed by atoms with Crippen LogP contribution in [0.4, 0.5) is 15.6 Å². The fourth-order valence-corrected chi connectivity index (χ4v) is 3.64. The second-order valence-electron chi connectivity index (χ2n) is 6.26. The number of hydrogen-bond acceptors (Lipinski definition) is 7. The van der Waals surface area contributed by atoms with E-state index < -0.39 is 6.03 Å². The van der Waals surface area contributed by atoms with Gasteiger partial charge in [-0.25, -0.2) is 4.79 Å². The summed E-state index contributed by atoms with van der Waals surface area (Å²) in [5, 5.41) is 14.2. The molecule has 0 radical (unpaired) electrons. The van der Waals surface area contributed by atoms with E-state index in [2.05, 4.69) is 20.8 Å². The first-order valence-electron chi connectivity index (χ1n) is 8.99. The van der Waals surface area contributed by atoms with Crippen molar-refractivity contribution in [2.45, 2.75) is 25.7 Å². The number of piperidine rings is 1. The first-order valence-corrected chi connectivity index (χ1v) is 9.81. The molecule has 1 fully saturated rings. The van der Waals surface area contributed by atoms with Gasteiger partial charge < -0.3 is 19.7 Å². The zero-order valence-corrected chi connectivity index (χ0v) is 16.7. The van der Waals surface area contributed by atoms with Gasteiger partial charge in [0.25, 0.3) is 0 Å². The van der Waals surface area contributed by atoms with Gasteiger partial charge in [0.15, 0.2) is 0 Å². The number of rotatable bonds is 6. The van der Waals surface area contributed by atoms with E-state index in [-0.39, 0.29) is 12.3 Å². The summed E-state index contributed by atoms with van der Waals surface area (Å²) in [5.41, 5.74) is 0.491. The van der Waals surface area contributed by atoms with Crippen molar-refractivity contribution in [2.24, 2.45) is 0 Å². The van der Waals surface area contributed by atoms with E-state index in [9.17, 15) is 9.59 Å². The Hall–Kier alpha value is -2.88. The average Bonchev–Trinajstić information content (AvgIpc) is 3.15. The van der Waals surface area contributed by atoms with Crippen LogP contribution in [-0.2, 0) is 11.2 Å². The SMILES string of the molecule is COc1ccc(NC(=O)Nc2nnc(CC(=O)N3CCCCC3)s2)c(OC)c1. The lowest BCUT2D eigenvalue weighted by molar-refractivity contribution is -0.131. The van der Waals surface area contributed by atoms with E-state index in [0.29, 0.717) is 27.3 Å². The minimum atomic E-state index is -0.478. The summed E-state index contributed by atoms with van der Waals surface area (Å²) in [5.74, 6) is 1.14. The van der Waals surface area contributed by atoms with Crippen LogP contribution in [-0.4, -0.2) is 54.3 Å². The summed E-state index contributed by atoms with van der Waals surface area (Å²) >= 11 is 1.19. The summed E-state index contributed by atoms with van der Waals surface area (Å²) in [4.78, 5) is 26.4. The fraction of sp³-hybridized carbons (Fsp3) is 0.444. The minimum absolute atomic E-state index is 0.0508. The van der Waals surface area contributed by atoms with Crippen molar-refractivity contribution in [3.05, 3.63) is 23.2 Å². The molecule has 2 heterocycles. The molecular formula is C18H23N5O4S. The van der Waals surface area contributed by atoms with E-state index in [1.807, 2.05) is 4.90 Å². The van der Waals surface area contributed by atoms with E-state index in [1.165, 1.54) is 24.9 Å². The summed E-state index contributed by atoms with van der Waals surface area (Å²) in [6.45, 7) is 1.60. The third kappa shape index (κ3) is 5.10. The third-order valence-electron chi connectivity index (χ3n) is 4.36. The van der Waals surface area contributed by atoms with Gasteiger partial charge in [0.1, 0.15) is 16.5 Å². The smallest absolute Gasteiger partial charge is 0.325 e. The fourth-order valence-electron chi connectivity index (χ4n) is 2.91. The Labute approximate surface area is 167 Å². The van der Waals surface area contributed by atoms with E-state index in [4.69, 9.17) is 9.47 Å². The highest BCUT2D eigenvalue weighted by Gasteiger charge is 2.19. The molecule has 28 heavy (non-hydrogen) atoms. The maximum atomic E-state index is 12.3. The molecule has 9 nitrogen and oxygen atoms in total. The van der Waals surface area contributed by atoms with Crippen molar-refractivity contribution >= 4 is 34.1 Å². The largest absolute Gasteiger partial charge is 0.497 e. The number of hydrogen-bond donors (Lipinski definition) is 2. The molecule has 3 amide bonds. The normalized spacial score (nSPS) is 13.7. The number of benzene rings is 1. The molecule has 1 aliphatic heterocycles. The zero-order valence-electron chi connectivity index (χ0n) is 15.9. The second-order valence-corrected chi connectivity index (χ2v) is 7.33. The number of nitrogens with zero attached hydrogens (tertiary/aromatic N) is 3. The number of anilines is 2. The van der Waals surface area contributed by atoms with Crippen LogP contribution in [0.25, 0.3) is 0 Å². The summed E-state index contributed by atoms with van der Waals surface area (Å²) in [7, 11) is 3.06.